The highest BCUT2D eigenvalue weighted by atomic mass is 16.2. The number of nitrogens with one attached hydrogen (secondary N) is 1. The first-order valence-electron chi connectivity index (χ1n) is 7.73. The number of carbonyl (C=O) groups is 1. The lowest BCUT2D eigenvalue weighted by molar-refractivity contribution is -0.138. The van der Waals surface area contributed by atoms with Gasteiger partial charge in [0.05, 0.1) is 0 Å². The van der Waals surface area contributed by atoms with Crippen molar-refractivity contribution in [2.75, 3.05) is 20.1 Å². The van der Waals surface area contributed by atoms with Gasteiger partial charge in [-0.3, -0.25) is 4.79 Å². The Morgan fingerprint density at radius 2 is 2.00 bits per heavy atom. The molecule has 4 unspecified atom stereocenters. The Morgan fingerprint density at radius 3 is 2.72 bits per heavy atom. The second kappa shape index (κ2) is 5.20. The molecule has 3 heteroatoms. The number of fused-ring (bicyclic) bond motifs is 2. The van der Waals surface area contributed by atoms with Crippen LogP contribution in [0.5, 0.6) is 0 Å². The Morgan fingerprint density at radius 1 is 1.11 bits per heavy atom. The van der Waals surface area contributed by atoms with Crippen molar-refractivity contribution in [2.45, 2.75) is 51.0 Å². The molecule has 18 heavy (non-hydrogen) atoms. The molecule has 1 aliphatic heterocycles. The fourth-order valence-electron chi connectivity index (χ4n) is 4.38. The van der Waals surface area contributed by atoms with Gasteiger partial charge in [0.15, 0.2) is 0 Å². The number of hydrogen-bond donors (Lipinski definition) is 1. The highest BCUT2D eigenvalue weighted by molar-refractivity contribution is 5.79. The molecule has 0 aromatic carbocycles. The number of nitrogens with zero attached hydrogens (tertiary/aromatic N) is 1. The molecule has 2 saturated carbocycles. The normalized spacial score (nSPS) is 39.6. The van der Waals surface area contributed by atoms with Crippen LogP contribution in [0, 0.1) is 17.8 Å². The Kier molecular flexibility index (Phi) is 3.60. The quantitative estimate of drug-likeness (QED) is 0.813. The third-order valence-corrected chi connectivity index (χ3v) is 5.50. The van der Waals surface area contributed by atoms with Gasteiger partial charge in [-0.15, -0.1) is 0 Å². The van der Waals surface area contributed by atoms with Gasteiger partial charge in [0.25, 0.3) is 0 Å². The minimum atomic E-state index is 0.366. The van der Waals surface area contributed by atoms with Crippen LogP contribution in [0.25, 0.3) is 0 Å². The summed E-state index contributed by atoms with van der Waals surface area (Å²) in [6.45, 7) is 2.19. The zero-order valence-electron chi connectivity index (χ0n) is 11.5. The number of carbonyl (C=O) groups excluding carboxylic acids is 1. The minimum Gasteiger partial charge on any atom is -0.342 e. The molecule has 3 nitrogen and oxygen atoms in total. The maximum Gasteiger partial charge on any atom is 0.225 e. The van der Waals surface area contributed by atoms with Crippen molar-refractivity contribution >= 4 is 5.91 Å². The Bertz CT molecular complexity index is 310. The van der Waals surface area contributed by atoms with Crippen molar-refractivity contribution in [3.63, 3.8) is 0 Å². The van der Waals surface area contributed by atoms with E-state index in [-0.39, 0.29) is 0 Å². The molecule has 1 heterocycles. The van der Waals surface area contributed by atoms with Crippen LogP contribution in [0.15, 0.2) is 0 Å². The van der Waals surface area contributed by atoms with Gasteiger partial charge in [0.2, 0.25) is 5.91 Å². The molecule has 3 aliphatic rings. The zero-order valence-corrected chi connectivity index (χ0v) is 11.5. The van der Waals surface area contributed by atoms with E-state index in [4.69, 9.17) is 0 Å². The van der Waals surface area contributed by atoms with Crippen LogP contribution in [0.4, 0.5) is 0 Å². The summed E-state index contributed by atoms with van der Waals surface area (Å²) < 4.78 is 0. The van der Waals surface area contributed by atoms with E-state index in [1.54, 1.807) is 0 Å². The van der Waals surface area contributed by atoms with Gasteiger partial charge < -0.3 is 10.2 Å². The van der Waals surface area contributed by atoms with Gasteiger partial charge in [-0.1, -0.05) is 6.42 Å². The fourth-order valence-corrected chi connectivity index (χ4v) is 4.38. The van der Waals surface area contributed by atoms with E-state index < -0.39 is 0 Å². The van der Waals surface area contributed by atoms with Gasteiger partial charge in [0.1, 0.15) is 0 Å². The largest absolute Gasteiger partial charge is 0.342 e. The molecule has 2 aliphatic carbocycles. The van der Waals surface area contributed by atoms with Gasteiger partial charge in [-0.05, 0) is 63.5 Å². The first kappa shape index (κ1) is 12.5. The molecule has 0 radical (unpaired) electrons. The molecular weight excluding hydrogens is 224 g/mol. The van der Waals surface area contributed by atoms with E-state index in [0.717, 1.165) is 25.4 Å². The third-order valence-electron chi connectivity index (χ3n) is 5.50. The van der Waals surface area contributed by atoms with Crippen molar-refractivity contribution in [1.29, 1.82) is 0 Å². The van der Waals surface area contributed by atoms with Crippen molar-refractivity contribution in [1.82, 2.24) is 10.2 Å². The number of rotatable bonds is 2. The van der Waals surface area contributed by atoms with Crippen LogP contribution in [0.1, 0.15) is 44.9 Å². The first-order valence-corrected chi connectivity index (χ1v) is 7.73. The van der Waals surface area contributed by atoms with Crippen LogP contribution in [-0.4, -0.2) is 37.0 Å². The molecule has 1 N–H and O–H groups in total. The molecule has 0 aromatic heterocycles. The molecular formula is C15H26N2O. The maximum absolute atomic E-state index is 12.7. The molecule has 102 valence electrons. The summed E-state index contributed by atoms with van der Waals surface area (Å²) in [6.07, 6.45) is 8.71. The maximum atomic E-state index is 12.7. The molecule has 3 rings (SSSR count). The molecule has 0 spiro atoms. The number of amides is 1. The topological polar surface area (TPSA) is 32.3 Å². The predicted octanol–water partition coefficient (Wildman–Crippen LogP) is 2.02. The summed E-state index contributed by atoms with van der Waals surface area (Å²) in [5, 5.41) is 3.43. The Labute approximate surface area is 110 Å². The molecule has 2 bridgehead atoms. The number of hydrogen-bond acceptors (Lipinski definition) is 2. The molecule has 3 fully saturated rings. The average Bonchev–Trinajstić information content (AvgIpc) is 2.91. The van der Waals surface area contributed by atoms with E-state index in [9.17, 15) is 4.79 Å². The van der Waals surface area contributed by atoms with Crippen molar-refractivity contribution in [3.05, 3.63) is 0 Å². The van der Waals surface area contributed by atoms with Crippen LogP contribution >= 0.6 is 0 Å². The SMILES string of the molecule is CN(C(=O)C1CC2CCC1C2)C1CCCNCC1. The summed E-state index contributed by atoms with van der Waals surface area (Å²) in [5.74, 6) is 2.40. The molecule has 1 saturated heterocycles. The summed E-state index contributed by atoms with van der Waals surface area (Å²) in [7, 11) is 2.05. The van der Waals surface area contributed by atoms with E-state index >= 15 is 0 Å². The standard InChI is InChI=1S/C15H26N2O/c1-17(13-3-2-7-16-8-6-13)15(18)14-10-11-4-5-12(14)9-11/h11-14,16H,2-10H2,1H3. The molecule has 1 amide bonds. The van der Waals surface area contributed by atoms with Gasteiger partial charge in [0, 0.05) is 19.0 Å². The molecule has 0 aromatic rings. The Balaban J connectivity index is 1.61. The second-order valence-electron chi connectivity index (χ2n) is 6.57. The first-order chi connectivity index (χ1) is 8.75. The fraction of sp³-hybridized carbons (Fsp3) is 0.933. The smallest absolute Gasteiger partial charge is 0.225 e. The molecule has 4 atom stereocenters. The second-order valence-corrected chi connectivity index (χ2v) is 6.57. The van der Waals surface area contributed by atoms with Gasteiger partial charge in [-0.25, -0.2) is 0 Å². The summed E-state index contributed by atoms with van der Waals surface area (Å²) in [5.41, 5.74) is 0. The monoisotopic (exact) mass is 250 g/mol. The lowest BCUT2D eigenvalue weighted by Crippen LogP contribution is -2.42. The van der Waals surface area contributed by atoms with Crippen molar-refractivity contribution in [3.8, 4) is 0 Å². The average molecular weight is 250 g/mol. The van der Waals surface area contributed by atoms with Crippen LogP contribution < -0.4 is 5.32 Å². The van der Waals surface area contributed by atoms with E-state index in [2.05, 4.69) is 10.2 Å². The lowest BCUT2D eigenvalue weighted by Gasteiger charge is -2.32. The van der Waals surface area contributed by atoms with E-state index in [1.165, 1.54) is 38.5 Å². The lowest BCUT2D eigenvalue weighted by atomic mass is 9.87. The summed E-state index contributed by atoms with van der Waals surface area (Å²) in [4.78, 5) is 14.7. The highest BCUT2D eigenvalue weighted by Gasteiger charge is 2.44. The van der Waals surface area contributed by atoms with Crippen LogP contribution in [-0.2, 0) is 4.79 Å². The van der Waals surface area contributed by atoms with Crippen LogP contribution in [0.3, 0.4) is 0 Å². The summed E-state index contributed by atoms with van der Waals surface area (Å²) in [6, 6.07) is 0.478. The zero-order chi connectivity index (χ0) is 12.5. The summed E-state index contributed by atoms with van der Waals surface area (Å²) >= 11 is 0. The van der Waals surface area contributed by atoms with Crippen molar-refractivity contribution < 1.29 is 4.79 Å². The third kappa shape index (κ3) is 2.29. The van der Waals surface area contributed by atoms with Gasteiger partial charge in [-0.2, -0.15) is 0 Å². The minimum absolute atomic E-state index is 0.366. The predicted molar refractivity (Wildman–Crippen MR) is 72.2 cm³/mol. The Hall–Kier alpha value is -0.570. The highest BCUT2D eigenvalue weighted by Crippen LogP contribution is 2.49. The van der Waals surface area contributed by atoms with Crippen molar-refractivity contribution in [2.24, 2.45) is 17.8 Å². The van der Waals surface area contributed by atoms with E-state index in [0.29, 0.717) is 23.8 Å². The van der Waals surface area contributed by atoms with Crippen LogP contribution in [0.2, 0.25) is 0 Å². The van der Waals surface area contributed by atoms with Gasteiger partial charge >= 0.3 is 0 Å². The van der Waals surface area contributed by atoms with E-state index in [1.807, 2.05) is 7.05 Å².